The van der Waals surface area contributed by atoms with Crippen LogP contribution >= 0.6 is 0 Å². The molecule has 0 aliphatic rings. The lowest BCUT2D eigenvalue weighted by Gasteiger charge is -2.05. The molecule has 0 aliphatic heterocycles. The third kappa shape index (κ3) is 4.66. The van der Waals surface area contributed by atoms with Crippen molar-refractivity contribution in [1.29, 1.82) is 0 Å². The van der Waals surface area contributed by atoms with Gasteiger partial charge in [0.2, 0.25) is 0 Å². The molecule has 0 unspecified atom stereocenters. The molecular weight excluding hydrogens is 310 g/mol. The van der Waals surface area contributed by atoms with E-state index in [-0.39, 0.29) is 17.4 Å². The van der Waals surface area contributed by atoms with E-state index < -0.39 is 11.6 Å². The summed E-state index contributed by atoms with van der Waals surface area (Å²) in [6.45, 7) is 2.81. The minimum Gasteiger partial charge on any atom is -0.494 e. The molecule has 0 aromatic heterocycles. The normalized spacial score (nSPS) is 9.96. The van der Waals surface area contributed by atoms with Crippen molar-refractivity contribution in [3.63, 3.8) is 0 Å². The van der Waals surface area contributed by atoms with E-state index in [1.807, 2.05) is 0 Å². The molecule has 2 rings (SSSR count). The number of aldehydes is 1. The zero-order valence-corrected chi connectivity index (χ0v) is 13.4. The Kier molecular flexibility index (Phi) is 6.51. The summed E-state index contributed by atoms with van der Waals surface area (Å²) >= 11 is 0. The summed E-state index contributed by atoms with van der Waals surface area (Å²) in [5, 5.41) is 0. The Bertz CT molecular complexity index is 756. The Morgan fingerprint density at radius 2 is 1.75 bits per heavy atom. The van der Waals surface area contributed by atoms with Gasteiger partial charge >= 0.3 is 0 Å². The third-order valence-electron chi connectivity index (χ3n) is 3.45. The largest absolute Gasteiger partial charge is 0.494 e. The van der Waals surface area contributed by atoms with Crippen LogP contribution in [0.15, 0.2) is 36.4 Å². The first-order valence-electron chi connectivity index (χ1n) is 7.83. The summed E-state index contributed by atoms with van der Waals surface area (Å²) in [4.78, 5) is 10.6. The molecule has 0 fully saturated rings. The maximum atomic E-state index is 13.8. The van der Waals surface area contributed by atoms with Crippen molar-refractivity contribution < 1.29 is 18.3 Å². The molecule has 24 heavy (non-hydrogen) atoms. The van der Waals surface area contributed by atoms with E-state index in [4.69, 9.17) is 4.74 Å². The number of rotatable bonds is 6. The highest BCUT2D eigenvalue weighted by atomic mass is 19.2. The topological polar surface area (TPSA) is 26.3 Å². The molecule has 0 radical (unpaired) electrons. The van der Waals surface area contributed by atoms with E-state index in [2.05, 4.69) is 18.8 Å². The highest BCUT2D eigenvalue weighted by Gasteiger charge is 2.11. The number of hydrogen-bond acceptors (Lipinski definition) is 2. The van der Waals surface area contributed by atoms with Crippen LogP contribution in [-0.4, -0.2) is 12.9 Å². The average Bonchev–Trinajstić information content (AvgIpc) is 2.61. The van der Waals surface area contributed by atoms with Gasteiger partial charge in [0.25, 0.3) is 0 Å². The zero-order chi connectivity index (χ0) is 17.4. The van der Waals surface area contributed by atoms with Crippen molar-refractivity contribution in [2.24, 2.45) is 0 Å². The van der Waals surface area contributed by atoms with Gasteiger partial charge in [-0.25, -0.2) is 8.78 Å². The molecule has 0 atom stereocenters. The summed E-state index contributed by atoms with van der Waals surface area (Å²) in [6, 6.07) is 9.61. The van der Waals surface area contributed by atoms with Crippen molar-refractivity contribution in [3.8, 4) is 17.6 Å². The number of ether oxygens (including phenoxy) is 1. The van der Waals surface area contributed by atoms with Crippen molar-refractivity contribution >= 4 is 6.29 Å². The van der Waals surface area contributed by atoms with E-state index in [9.17, 15) is 13.6 Å². The zero-order valence-electron chi connectivity index (χ0n) is 13.4. The number of carbonyl (C=O) groups is 1. The van der Waals surface area contributed by atoms with Crippen LogP contribution in [0.2, 0.25) is 0 Å². The Morgan fingerprint density at radius 1 is 1.00 bits per heavy atom. The molecule has 0 N–H and O–H groups in total. The predicted octanol–water partition coefficient (Wildman–Crippen LogP) is 4.75. The molecule has 0 aliphatic carbocycles. The first kappa shape index (κ1) is 17.7. The third-order valence-corrected chi connectivity index (χ3v) is 3.45. The second-order valence-electron chi connectivity index (χ2n) is 5.28. The Hall–Kier alpha value is -2.67. The van der Waals surface area contributed by atoms with Crippen molar-refractivity contribution in [1.82, 2.24) is 0 Å². The monoisotopic (exact) mass is 328 g/mol. The highest BCUT2D eigenvalue weighted by molar-refractivity contribution is 5.75. The van der Waals surface area contributed by atoms with Gasteiger partial charge in [0, 0.05) is 5.56 Å². The van der Waals surface area contributed by atoms with Gasteiger partial charge in [-0.2, -0.15) is 0 Å². The van der Waals surface area contributed by atoms with Crippen LogP contribution in [0.1, 0.15) is 47.7 Å². The molecule has 0 bridgehead atoms. The minimum atomic E-state index is -1.17. The van der Waals surface area contributed by atoms with Crippen molar-refractivity contribution in [3.05, 3.63) is 64.7 Å². The van der Waals surface area contributed by atoms with Crippen LogP contribution in [0.4, 0.5) is 8.78 Å². The summed E-state index contributed by atoms with van der Waals surface area (Å²) in [5.41, 5.74) is 0.260. The smallest absolute Gasteiger partial charge is 0.175 e. The number of hydrogen-bond donors (Lipinski definition) is 0. The number of benzene rings is 2. The maximum absolute atomic E-state index is 13.8. The van der Waals surface area contributed by atoms with Gasteiger partial charge in [-0.1, -0.05) is 31.6 Å². The lowest BCUT2D eigenvalue weighted by molar-refractivity contribution is 0.111. The molecule has 4 heteroatoms. The Labute approximate surface area is 140 Å². The van der Waals surface area contributed by atoms with E-state index in [0.29, 0.717) is 12.2 Å². The lowest BCUT2D eigenvalue weighted by atomic mass is 10.1. The second-order valence-corrected chi connectivity index (χ2v) is 5.28. The van der Waals surface area contributed by atoms with Crippen LogP contribution in [0.25, 0.3) is 0 Å². The van der Waals surface area contributed by atoms with E-state index in [1.165, 1.54) is 12.1 Å². The van der Waals surface area contributed by atoms with Crippen LogP contribution in [0, 0.1) is 23.5 Å². The van der Waals surface area contributed by atoms with Crippen LogP contribution in [-0.2, 0) is 0 Å². The van der Waals surface area contributed by atoms with E-state index in [1.54, 1.807) is 24.3 Å². The molecule has 2 nitrogen and oxygen atoms in total. The fourth-order valence-electron chi connectivity index (χ4n) is 2.07. The van der Waals surface area contributed by atoms with Gasteiger partial charge < -0.3 is 4.74 Å². The standard InChI is InChI=1S/C20H18F2O2/c1-2-3-4-13-24-18-11-6-15(7-12-18)5-8-16-9-10-17(14-23)20(22)19(16)21/h6-7,9-12,14H,2-4,13H2,1H3. The predicted molar refractivity (Wildman–Crippen MR) is 89.2 cm³/mol. The highest BCUT2D eigenvalue weighted by Crippen LogP contribution is 2.15. The van der Waals surface area contributed by atoms with Crippen molar-refractivity contribution in [2.45, 2.75) is 26.2 Å². The number of halogens is 2. The van der Waals surface area contributed by atoms with E-state index in [0.717, 1.165) is 25.0 Å². The van der Waals surface area contributed by atoms with Crippen LogP contribution < -0.4 is 4.74 Å². The summed E-state index contributed by atoms with van der Waals surface area (Å²) in [6.07, 6.45) is 3.56. The van der Waals surface area contributed by atoms with Crippen LogP contribution in [0.3, 0.4) is 0 Å². The summed E-state index contributed by atoms with van der Waals surface area (Å²) in [5.74, 6) is 3.82. The maximum Gasteiger partial charge on any atom is 0.175 e. The van der Waals surface area contributed by atoms with Gasteiger partial charge in [-0.15, -0.1) is 0 Å². The second kappa shape index (κ2) is 8.83. The fraction of sp³-hybridized carbons (Fsp3) is 0.250. The molecule has 2 aromatic rings. The molecule has 0 amide bonds. The first-order valence-corrected chi connectivity index (χ1v) is 7.83. The van der Waals surface area contributed by atoms with E-state index >= 15 is 0 Å². The number of unbranched alkanes of at least 4 members (excludes halogenated alkanes) is 2. The molecule has 0 heterocycles. The molecule has 2 aromatic carbocycles. The molecule has 124 valence electrons. The van der Waals surface area contributed by atoms with Gasteiger partial charge in [-0.3, -0.25) is 4.79 Å². The average molecular weight is 328 g/mol. The van der Waals surface area contributed by atoms with Crippen molar-refractivity contribution in [2.75, 3.05) is 6.61 Å². The molecule has 0 saturated carbocycles. The van der Waals surface area contributed by atoms with Gasteiger partial charge in [0.1, 0.15) is 5.75 Å². The quantitative estimate of drug-likeness (QED) is 0.435. The summed E-state index contributed by atoms with van der Waals surface area (Å²) < 4.78 is 32.9. The lowest BCUT2D eigenvalue weighted by Crippen LogP contribution is -1.97. The Morgan fingerprint density at radius 3 is 2.42 bits per heavy atom. The Balaban J connectivity index is 2.06. The molecular formula is C20H18F2O2. The molecule has 0 spiro atoms. The summed E-state index contributed by atoms with van der Waals surface area (Å²) in [7, 11) is 0. The van der Waals surface area contributed by atoms with Gasteiger partial charge in [0.15, 0.2) is 17.9 Å². The number of carbonyl (C=O) groups excluding carboxylic acids is 1. The SMILES string of the molecule is CCCCCOc1ccc(C#Cc2ccc(C=O)c(F)c2F)cc1. The molecule has 0 saturated heterocycles. The van der Waals surface area contributed by atoms with Gasteiger partial charge in [0.05, 0.1) is 17.7 Å². The van der Waals surface area contributed by atoms with Crippen LogP contribution in [0.5, 0.6) is 5.75 Å². The minimum absolute atomic E-state index is 0.0852. The first-order chi connectivity index (χ1) is 11.7. The fourth-order valence-corrected chi connectivity index (χ4v) is 2.07. The van der Waals surface area contributed by atoms with Gasteiger partial charge in [-0.05, 0) is 42.8 Å².